The third-order valence-corrected chi connectivity index (χ3v) is 4.80. The summed E-state index contributed by atoms with van der Waals surface area (Å²) in [5, 5.41) is 0.980. The number of nitrogens with one attached hydrogen (secondary N) is 1. The van der Waals surface area contributed by atoms with Crippen molar-refractivity contribution >= 4 is 23.8 Å². The highest BCUT2D eigenvalue weighted by atomic mass is 32.2. The van der Waals surface area contributed by atoms with Crippen LogP contribution in [0.4, 0.5) is 13.6 Å². The normalized spacial score (nSPS) is 22.3. The van der Waals surface area contributed by atoms with Gasteiger partial charge >= 0.3 is 12.1 Å². The molecule has 1 N–H and O–H groups in total. The van der Waals surface area contributed by atoms with Gasteiger partial charge in [0, 0.05) is 5.75 Å². The van der Waals surface area contributed by atoms with Crippen molar-refractivity contribution in [3.05, 3.63) is 35.9 Å². The van der Waals surface area contributed by atoms with Crippen molar-refractivity contribution in [3.8, 4) is 0 Å². The fourth-order valence-corrected chi connectivity index (χ4v) is 3.50. The lowest BCUT2D eigenvalue weighted by atomic mass is 10.1. The Kier molecular flexibility index (Phi) is 5.92. The first-order valence-electron chi connectivity index (χ1n) is 7.80. The van der Waals surface area contributed by atoms with Gasteiger partial charge in [-0.1, -0.05) is 18.2 Å². The average molecular weight is 373 g/mol. The third kappa shape index (κ3) is 5.32. The van der Waals surface area contributed by atoms with Gasteiger partial charge in [-0.2, -0.15) is 0 Å². The molecule has 1 aromatic rings. The van der Waals surface area contributed by atoms with Crippen LogP contribution in [-0.2, 0) is 9.47 Å². The minimum Gasteiger partial charge on any atom is -0.461 e. The van der Waals surface area contributed by atoms with Crippen molar-refractivity contribution in [1.29, 1.82) is 0 Å². The number of alkyl halides is 2. The van der Waals surface area contributed by atoms with E-state index in [1.807, 2.05) is 0 Å². The van der Waals surface area contributed by atoms with Gasteiger partial charge in [0.2, 0.25) is 0 Å². The predicted octanol–water partition coefficient (Wildman–Crippen LogP) is 3.49. The van der Waals surface area contributed by atoms with Crippen LogP contribution in [0.1, 0.15) is 31.1 Å². The number of rotatable bonds is 4. The molecule has 0 bridgehead atoms. The van der Waals surface area contributed by atoms with Crippen molar-refractivity contribution < 1.29 is 27.8 Å². The van der Waals surface area contributed by atoms with Crippen molar-refractivity contribution in [1.82, 2.24) is 5.32 Å². The van der Waals surface area contributed by atoms with Gasteiger partial charge in [0.05, 0.1) is 5.56 Å². The van der Waals surface area contributed by atoms with Gasteiger partial charge in [-0.3, -0.25) is 0 Å². The van der Waals surface area contributed by atoms with Gasteiger partial charge in [-0.25, -0.2) is 18.4 Å². The number of hydrogen-bond acceptors (Lipinski definition) is 5. The molecule has 1 saturated heterocycles. The summed E-state index contributed by atoms with van der Waals surface area (Å²) in [5.41, 5.74) is -0.465. The van der Waals surface area contributed by atoms with E-state index in [-0.39, 0.29) is 5.75 Å². The smallest absolute Gasteiger partial charge is 0.408 e. The molecule has 0 aromatic heterocycles. The van der Waals surface area contributed by atoms with Gasteiger partial charge < -0.3 is 14.8 Å². The maximum Gasteiger partial charge on any atom is 0.408 e. The number of esters is 1. The number of amides is 1. The van der Waals surface area contributed by atoms with Crippen LogP contribution in [0, 0.1) is 0 Å². The number of carbonyl (C=O) groups excluding carboxylic acids is 2. The molecule has 0 spiro atoms. The van der Waals surface area contributed by atoms with E-state index in [4.69, 9.17) is 9.47 Å². The lowest BCUT2D eigenvalue weighted by molar-refractivity contribution is -0.0410. The molecule has 0 aliphatic carbocycles. The van der Waals surface area contributed by atoms with E-state index >= 15 is 0 Å². The lowest BCUT2D eigenvalue weighted by Gasteiger charge is -2.26. The first-order valence-corrected chi connectivity index (χ1v) is 8.85. The topological polar surface area (TPSA) is 64.6 Å². The molecule has 0 unspecified atom stereocenters. The Morgan fingerprint density at radius 1 is 1.28 bits per heavy atom. The van der Waals surface area contributed by atoms with Crippen LogP contribution in [0.15, 0.2) is 30.3 Å². The number of thioether (sulfide) groups is 1. The number of ether oxygens (including phenoxy) is 2. The molecule has 138 valence electrons. The molecule has 0 radical (unpaired) electrons. The Labute approximate surface area is 149 Å². The Morgan fingerprint density at radius 2 is 1.92 bits per heavy atom. The summed E-state index contributed by atoms with van der Waals surface area (Å²) in [4.78, 5) is 23.6. The minimum absolute atomic E-state index is 0.0137. The highest BCUT2D eigenvalue weighted by Crippen LogP contribution is 2.41. The summed E-state index contributed by atoms with van der Waals surface area (Å²) < 4.78 is 38.9. The molecule has 2 rings (SSSR count). The average Bonchev–Trinajstić information content (AvgIpc) is 2.78. The zero-order valence-electron chi connectivity index (χ0n) is 14.3. The van der Waals surface area contributed by atoms with Crippen LogP contribution in [0.5, 0.6) is 0 Å². The van der Waals surface area contributed by atoms with E-state index in [1.54, 1.807) is 51.1 Å². The van der Waals surface area contributed by atoms with Gasteiger partial charge in [0.1, 0.15) is 23.5 Å². The molecule has 1 aromatic carbocycles. The van der Waals surface area contributed by atoms with Gasteiger partial charge in [-0.05, 0) is 32.9 Å². The molecule has 1 aliphatic rings. The second-order valence-electron chi connectivity index (χ2n) is 6.66. The molecule has 1 amide bonds. The van der Waals surface area contributed by atoms with E-state index in [0.29, 0.717) is 5.56 Å². The summed E-state index contributed by atoms with van der Waals surface area (Å²) in [6.07, 6.45) is -0.889. The summed E-state index contributed by atoms with van der Waals surface area (Å²) in [7, 11) is 0. The number of halogens is 2. The molecule has 0 saturated carbocycles. The molecule has 25 heavy (non-hydrogen) atoms. The summed E-state index contributed by atoms with van der Waals surface area (Å²) in [6, 6.07) is 6.80. The van der Waals surface area contributed by atoms with E-state index in [2.05, 4.69) is 5.32 Å². The van der Waals surface area contributed by atoms with Crippen LogP contribution in [0.2, 0.25) is 0 Å². The van der Waals surface area contributed by atoms with Gasteiger partial charge in [-0.15, -0.1) is 11.8 Å². The standard InChI is InChI=1S/C17H21F2NO4S/c1-16(2,3)24-15(22)20-12-10-25-13(17(12,18)19)9-23-14(21)11-7-5-4-6-8-11/h4-8,12-13H,9-10H2,1-3H3,(H,20,22)/t12-,13+/m0/s1. The number of alkyl carbamates (subject to hydrolysis) is 1. The van der Waals surface area contributed by atoms with Gasteiger partial charge in [0.25, 0.3) is 5.92 Å². The number of carbonyl (C=O) groups is 2. The third-order valence-electron chi connectivity index (χ3n) is 3.42. The maximum atomic E-state index is 14.4. The predicted molar refractivity (Wildman–Crippen MR) is 91.1 cm³/mol. The quantitative estimate of drug-likeness (QED) is 0.819. The van der Waals surface area contributed by atoms with E-state index in [0.717, 1.165) is 11.8 Å². The first-order chi connectivity index (χ1) is 11.6. The van der Waals surface area contributed by atoms with Crippen LogP contribution in [0.25, 0.3) is 0 Å². The Balaban J connectivity index is 1.89. The van der Waals surface area contributed by atoms with Crippen LogP contribution in [-0.4, -0.2) is 47.2 Å². The van der Waals surface area contributed by atoms with E-state index in [9.17, 15) is 18.4 Å². The fourth-order valence-electron chi connectivity index (χ4n) is 2.21. The Morgan fingerprint density at radius 3 is 2.52 bits per heavy atom. The largest absolute Gasteiger partial charge is 0.461 e. The zero-order chi connectivity index (χ0) is 18.7. The number of benzene rings is 1. The monoisotopic (exact) mass is 373 g/mol. The van der Waals surface area contributed by atoms with E-state index in [1.165, 1.54) is 0 Å². The Bertz CT molecular complexity index is 619. The SMILES string of the molecule is CC(C)(C)OC(=O)N[C@H]1CS[C@H](COC(=O)c2ccccc2)C1(F)F. The molecule has 1 heterocycles. The van der Waals surface area contributed by atoms with E-state index < -0.39 is 41.5 Å². The molecule has 8 heteroatoms. The van der Waals surface area contributed by atoms with Crippen molar-refractivity contribution in [3.63, 3.8) is 0 Å². The van der Waals surface area contributed by atoms with Gasteiger partial charge in [0.15, 0.2) is 0 Å². The van der Waals surface area contributed by atoms with Crippen molar-refractivity contribution in [2.24, 2.45) is 0 Å². The highest BCUT2D eigenvalue weighted by molar-refractivity contribution is 8.00. The molecule has 1 aliphatic heterocycles. The second-order valence-corrected chi connectivity index (χ2v) is 7.90. The van der Waals surface area contributed by atoms with Crippen LogP contribution >= 0.6 is 11.8 Å². The lowest BCUT2D eigenvalue weighted by Crippen LogP contribution is -2.51. The maximum absolute atomic E-state index is 14.4. The second kappa shape index (κ2) is 7.59. The molecule has 2 atom stereocenters. The molecule has 5 nitrogen and oxygen atoms in total. The fraction of sp³-hybridized carbons (Fsp3) is 0.529. The van der Waals surface area contributed by atoms with Crippen LogP contribution < -0.4 is 5.32 Å². The molecular formula is C17H21F2NO4S. The highest BCUT2D eigenvalue weighted by Gasteiger charge is 2.54. The first kappa shape index (κ1) is 19.5. The van der Waals surface area contributed by atoms with Crippen molar-refractivity contribution in [2.45, 2.75) is 43.6 Å². The molecular weight excluding hydrogens is 352 g/mol. The Hall–Kier alpha value is -1.83. The summed E-state index contributed by atoms with van der Waals surface area (Å²) in [5.74, 6) is -3.85. The van der Waals surface area contributed by atoms with Crippen LogP contribution in [0.3, 0.4) is 0 Å². The zero-order valence-corrected chi connectivity index (χ0v) is 15.1. The summed E-state index contributed by atoms with van der Waals surface area (Å²) in [6.45, 7) is 4.53. The minimum atomic E-state index is -3.21. The summed E-state index contributed by atoms with van der Waals surface area (Å²) >= 11 is 0.957. The number of hydrogen-bond donors (Lipinski definition) is 1. The van der Waals surface area contributed by atoms with Crippen molar-refractivity contribution in [2.75, 3.05) is 12.4 Å². The molecule has 1 fully saturated rings.